The second-order valence-electron chi connectivity index (χ2n) is 5.09. The second-order valence-corrected chi connectivity index (χ2v) is 5.95. The highest BCUT2D eigenvalue weighted by atomic mass is 79.9. The normalized spacial score (nSPS) is 16.6. The Hall–Kier alpha value is -1.44. The standard InChI is InChI=1S/C13H12BrF3N4/c14-10-6-5-9(13(15,16)17)7-11(10)21-12(18-19-20-21)8-3-1-2-4-8/h5-8H,1-4H2. The lowest BCUT2D eigenvalue weighted by atomic mass is 10.1. The summed E-state index contributed by atoms with van der Waals surface area (Å²) in [7, 11) is 0. The van der Waals surface area contributed by atoms with E-state index in [0.717, 1.165) is 37.8 Å². The highest BCUT2D eigenvalue weighted by Gasteiger charge is 2.32. The summed E-state index contributed by atoms with van der Waals surface area (Å²) in [4.78, 5) is 0. The summed E-state index contributed by atoms with van der Waals surface area (Å²) in [5, 5.41) is 11.5. The van der Waals surface area contributed by atoms with E-state index < -0.39 is 11.7 Å². The highest BCUT2D eigenvalue weighted by molar-refractivity contribution is 9.10. The molecule has 0 unspecified atom stereocenters. The predicted molar refractivity (Wildman–Crippen MR) is 73.1 cm³/mol. The van der Waals surface area contributed by atoms with Gasteiger partial charge in [-0.3, -0.25) is 0 Å². The van der Waals surface area contributed by atoms with E-state index in [1.807, 2.05) is 0 Å². The lowest BCUT2D eigenvalue weighted by molar-refractivity contribution is -0.137. The maximum Gasteiger partial charge on any atom is 0.416 e. The first-order valence-electron chi connectivity index (χ1n) is 6.62. The Kier molecular flexibility index (Phi) is 3.73. The number of hydrogen-bond donors (Lipinski definition) is 0. The Labute approximate surface area is 127 Å². The average molecular weight is 361 g/mol. The number of nitrogens with zero attached hydrogens (tertiary/aromatic N) is 4. The van der Waals surface area contributed by atoms with Crippen molar-refractivity contribution in [3.05, 3.63) is 34.1 Å². The molecular weight excluding hydrogens is 349 g/mol. The minimum absolute atomic E-state index is 0.210. The molecule has 0 amide bonds. The molecule has 0 spiro atoms. The number of aromatic nitrogens is 4. The molecule has 1 aliphatic rings. The van der Waals surface area contributed by atoms with Gasteiger partial charge in [0.15, 0.2) is 5.82 Å². The van der Waals surface area contributed by atoms with Crippen LogP contribution in [0.1, 0.15) is 43.0 Å². The maximum absolute atomic E-state index is 12.9. The molecule has 1 aromatic heterocycles. The number of benzene rings is 1. The summed E-state index contributed by atoms with van der Waals surface area (Å²) >= 11 is 3.28. The first-order valence-corrected chi connectivity index (χ1v) is 7.41. The van der Waals surface area contributed by atoms with Crippen molar-refractivity contribution in [2.45, 2.75) is 37.8 Å². The van der Waals surface area contributed by atoms with Crippen molar-refractivity contribution in [2.75, 3.05) is 0 Å². The van der Waals surface area contributed by atoms with E-state index in [9.17, 15) is 13.2 Å². The average Bonchev–Trinajstić information content (AvgIpc) is 3.08. The van der Waals surface area contributed by atoms with Gasteiger partial charge in [0.2, 0.25) is 0 Å². The number of rotatable bonds is 2. The number of tetrazole rings is 1. The predicted octanol–water partition coefficient (Wildman–Crippen LogP) is 4.10. The van der Waals surface area contributed by atoms with Crippen LogP contribution < -0.4 is 0 Å². The van der Waals surface area contributed by atoms with Gasteiger partial charge in [-0.15, -0.1) is 5.10 Å². The van der Waals surface area contributed by atoms with E-state index in [1.54, 1.807) is 0 Å². The topological polar surface area (TPSA) is 43.6 Å². The van der Waals surface area contributed by atoms with E-state index in [2.05, 4.69) is 31.5 Å². The minimum atomic E-state index is -4.39. The highest BCUT2D eigenvalue weighted by Crippen LogP contribution is 2.36. The molecule has 0 N–H and O–H groups in total. The number of hydrogen-bond acceptors (Lipinski definition) is 3. The zero-order chi connectivity index (χ0) is 15.0. The van der Waals surface area contributed by atoms with Crippen molar-refractivity contribution in [3.8, 4) is 5.69 Å². The first-order chi connectivity index (χ1) is 9.97. The van der Waals surface area contributed by atoms with Crippen LogP contribution in [0.5, 0.6) is 0 Å². The molecule has 1 aromatic carbocycles. The van der Waals surface area contributed by atoms with Crippen molar-refractivity contribution in [1.29, 1.82) is 0 Å². The van der Waals surface area contributed by atoms with Crippen LogP contribution in [0.3, 0.4) is 0 Å². The monoisotopic (exact) mass is 360 g/mol. The molecule has 0 bridgehead atoms. The first kappa shape index (κ1) is 14.5. The molecule has 0 aliphatic heterocycles. The summed E-state index contributed by atoms with van der Waals surface area (Å²) < 4.78 is 40.5. The molecule has 112 valence electrons. The smallest absolute Gasteiger partial charge is 0.196 e. The van der Waals surface area contributed by atoms with Crippen LogP contribution in [0.15, 0.2) is 22.7 Å². The molecular formula is C13H12BrF3N4. The minimum Gasteiger partial charge on any atom is -0.196 e. The van der Waals surface area contributed by atoms with Gasteiger partial charge in [0.1, 0.15) is 0 Å². The van der Waals surface area contributed by atoms with Crippen molar-refractivity contribution in [2.24, 2.45) is 0 Å². The Bertz CT molecular complexity index is 647. The molecule has 1 fully saturated rings. The van der Waals surface area contributed by atoms with Crippen LogP contribution in [0.25, 0.3) is 5.69 Å². The van der Waals surface area contributed by atoms with Gasteiger partial charge in [-0.05, 0) is 57.4 Å². The molecule has 21 heavy (non-hydrogen) atoms. The molecule has 1 aliphatic carbocycles. The third kappa shape index (κ3) is 2.81. The fraction of sp³-hybridized carbons (Fsp3) is 0.462. The summed E-state index contributed by atoms with van der Waals surface area (Å²) in [5.41, 5.74) is -0.398. The van der Waals surface area contributed by atoms with Crippen LogP contribution in [0.2, 0.25) is 0 Å². The zero-order valence-electron chi connectivity index (χ0n) is 10.9. The fourth-order valence-electron chi connectivity index (χ4n) is 2.66. The van der Waals surface area contributed by atoms with Crippen molar-refractivity contribution in [3.63, 3.8) is 0 Å². The van der Waals surface area contributed by atoms with Gasteiger partial charge >= 0.3 is 6.18 Å². The molecule has 2 aromatic rings. The summed E-state index contributed by atoms with van der Waals surface area (Å²) in [6.45, 7) is 0. The molecule has 1 saturated carbocycles. The van der Waals surface area contributed by atoms with E-state index in [4.69, 9.17) is 0 Å². The van der Waals surface area contributed by atoms with E-state index in [0.29, 0.717) is 16.0 Å². The van der Waals surface area contributed by atoms with Crippen molar-refractivity contribution in [1.82, 2.24) is 20.2 Å². The molecule has 0 saturated heterocycles. The van der Waals surface area contributed by atoms with Gasteiger partial charge in [0, 0.05) is 10.4 Å². The third-order valence-corrected chi connectivity index (χ3v) is 4.39. The Morgan fingerprint density at radius 1 is 1.19 bits per heavy atom. The molecule has 1 heterocycles. The van der Waals surface area contributed by atoms with Crippen LogP contribution in [-0.4, -0.2) is 20.2 Å². The lowest BCUT2D eigenvalue weighted by Crippen LogP contribution is -2.10. The molecule has 0 radical (unpaired) electrons. The SMILES string of the molecule is FC(F)(F)c1ccc(Br)c(-n2nnnc2C2CCCC2)c1. The third-order valence-electron chi connectivity index (χ3n) is 3.72. The van der Waals surface area contributed by atoms with Gasteiger partial charge in [-0.1, -0.05) is 12.8 Å². The second kappa shape index (κ2) is 5.40. The number of alkyl halides is 3. The summed E-state index contributed by atoms with van der Waals surface area (Å²) in [6, 6.07) is 3.48. The van der Waals surface area contributed by atoms with E-state index >= 15 is 0 Å². The quantitative estimate of drug-likeness (QED) is 0.809. The molecule has 0 atom stereocenters. The van der Waals surface area contributed by atoms with Gasteiger partial charge in [0.25, 0.3) is 0 Å². The van der Waals surface area contributed by atoms with E-state index in [1.165, 1.54) is 10.7 Å². The van der Waals surface area contributed by atoms with Crippen LogP contribution >= 0.6 is 15.9 Å². The molecule has 4 nitrogen and oxygen atoms in total. The summed E-state index contributed by atoms with van der Waals surface area (Å²) in [6.07, 6.45) is -0.256. The van der Waals surface area contributed by atoms with Crippen molar-refractivity contribution < 1.29 is 13.2 Å². The fourth-order valence-corrected chi connectivity index (χ4v) is 3.07. The number of halogens is 4. The molecule has 8 heteroatoms. The Morgan fingerprint density at radius 3 is 2.57 bits per heavy atom. The van der Waals surface area contributed by atoms with Gasteiger partial charge in [-0.25, -0.2) is 0 Å². The molecule has 3 rings (SSSR count). The zero-order valence-corrected chi connectivity index (χ0v) is 12.5. The van der Waals surface area contributed by atoms with E-state index in [-0.39, 0.29) is 5.92 Å². The Balaban J connectivity index is 2.06. The maximum atomic E-state index is 12.9. The lowest BCUT2D eigenvalue weighted by Gasteiger charge is -2.13. The van der Waals surface area contributed by atoms with Gasteiger partial charge in [-0.2, -0.15) is 17.9 Å². The summed E-state index contributed by atoms with van der Waals surface area (Å²) in [5.74, 6) is 0.842. The van der Waals surface area contributed by atoms with Gasteiger partial charge < -0.3 is 0 Å². The van der Waals surface area contributed by atoms with Crippen LogP contribution in [0, 0.1) is 0 Å². The van der Waals surface area contributed by atoms with Crippen molar-refractivity contribution >= 4 is 15.9 Å². The Morgan fingerprint density at radius 2 is 1.90 bits per heavy atom. The van der Waals surface area contributed by atoms with Gasteiger partial charge in [0.05, 0.1) is 11.3 Å². The van der Waals surface area contributed by atoms with Crippen LogP contribution in [0.4, 0.5) is 13.2 Å². The largest absolute Gasteiger partial charge is 0.416 e. The van der Waals surface area contributed by atoms with Crippen LogP contribution in [-0.2, 0) is 6.18 Å².